The molecule has 0 aliphatic heterocycles. The van der Waals surface area contributed by atoms with E-state index < -0.39 is 5.91 Å². The zero-order chi connectivity index (χ0) is 18.9. The fourth-order valence-corrected chi connectivity index (χ4v) is 2.44. The van der Waals surface area contributed by atoms with Gasteiger partial charge in [0.15, 0.2) is 0 Å². The Kier molecular flexibility index (Phi) is 7.11. The van der Waals surface area contributed by atoms with Crippen LogP contribution in [0.5, 0.6) is 0 Å². The van der Waals surface area contributed by atoms with Crippen LogP contribution in [0.4, 0.5) is 10.6 Å². The molecule has 1 heterocycles. The number of hydrogen-bond acceptors (Lipinski definition) is 4. The van der Waals surface area contributed by atoms with E-state index in [2.05, 4.69) is 17.2 Å². The first kappa shape index (κ1) is 19.4. The molecule has 0 bridgehead atoms. The first-order chi connectivity index (χ1) is 12.5. The van der Waals surface area contributed by atoms with E-state index in [-0.39, 0.29) is 6.03 Å². The average Bonchev–Trinajstić information content (AvgIpc) is 2.65. The van der Waals surface area contributed by atoms with Gasteiger partial charge in [0, 0.05) is 24.8 Å². The zero-order valence-electron chi connectivity index (χ0n) is 15.0. The molecule has 1 aromatic carbocycles. The summed E-state index contributed by atoms with van der Waals surface area (Å²) in [5, 5.41) is 11.5. The molecule has 7 nitrogen and oxygen atoms in total. The third kappa shape index (κ3) is 5.56. The lowest BCUT2D eigenvalue weighted by molar-refractivity contribution is 0.0706. The van der Waals surface area contributed by atoms with Crippen molar-refractivity contribution >= 4 is 17.8 Å². The van der Waals surface area contributed by atoms with Crippen molar-refractivity contribution in [3.05, 3.63) is 59.3 Å². The molecule has 0 aliphatic rings. The van der Waals surface area contributed by atoms with Gasteiger partial charge < -0.3 is 4.90 Å². The van der Waals surface area contributed by atoms with Crippen LogP contribution in [0, 0.1) is 6.92 Å². The highest BCUT2D eigenvalue weighted by molar-refractivity contribution is 5.93. The van der Waals surface area contributed by atoms with Crippen LogP contribution < -0.4 is 10.8 Å². The van der Waals surface area contributed by atoms with E-state index in [9.17, 15) is 9.59 Å². The molecule has 138 valence electrons. The molecule has 0 saturated heterocycles. The molecule has 0 unspecified atom stereocenters. The normalized spacial score (nSPS) is 10.3. The van der Waals surface area contributed by atoms with E-state index >= 15 is 0 Å². The number of urea groups is 1. The Morgan fingerprint density at radius 1 is 1.19 bits per heavy atom. The van der Waals surface area contributed by atoms with Gasteiger partial charge >= 0.3 is 6.03 Å². The SMILES string of the molecule is CCCCN(Cc1ccc(C(=O)NO)cc1)C(=O)Nc1cc(C)ccn1. The quantitative estimate of drug-likeness (QED) is 0.524. The smallest absolute Gasteiger partial charge is 0.320 e. The molecule has 0 fully saturated rings. The lowest BCUT2D eigenvalue weighted by Gasteiger charge is -2.23. The van der Waals surface area contributed by atoms with E-state index in [0.29, 0.717) is 24.5 Å². The van der Waals surface area contributed by atoms with Crippen LogP contribution in [0.25, 0.3) is 0 Å². The predicted molar refractivity (Wildman–Crippen MR) is 99.0 cm³/mol. The molecule has 0 spiro atoms. The zero-order valence-corrected chi connectivity index (χ0v) is 15.0. The van der Waals surface area contributed by atoms with Crippen molar-refractivity contribution in [1.29, 1.82) is 0 Å². The van der Waals surface area contributed by atoms with Gasteiger partial charge in [-0.05, 0) is 48.7 Å². The van der Waals surface area contributed by atoms with Crippen LogP contribution >= 0.6 is 0 Å². The summed E-state index contributed by atoms with van der Waals surface area (Å²) in [5.74, 6) is -0.0471. The van der Waals surface area contributed by atoms with Gasteiger partial charge in [0.1, 0.15) is 5.82 Å². The number of hydroxylamine groups is 1. The number of carbonyl (C=O) groups is 2. The van der Waals surface area contributed by atoms with Crippen LogP contribution in [-0.2, 0) is 6.54 Å². The first-order valence-corrected chi connectivity index (χ1v) is 8.55. The fourth-order valence-electron chi connectivity index (χ4n) is 2.44. The fraction of sp³-hybridized carbons (Fsp3) is 0.316. The van der Waals surface area contributed by atoms with Gasteiger partial charge in [-0.1, -0.05) is 25.5 Å². The average molecular weight is 356 g/mol. The van der Waals surface area contributed by atoms with Gasteiger partial charge in [-0.25, -0.2) is 15.3 Å². The van der Waals surface area contributed by atoms with Crippen LogP contribution in [0.1, 0.15) is 41.3 Å². The second-order valence-electron chi connectivity index (χ2n) is 6.06. The van der Waals surface area contributed by atoms with Gasteiger partial charge in [0.25, 0.3) is 5.91 Å². The van der Waals surface area contributed by atoms with Crippen LogP contribution in [0.2, 0.25) is 0 Å². The molecule has 2 aromatic rings. The molecule has 1 aromatic heterocycles. The standard InChI is InChI=1S/C19H24N4O3/c1-3-4-11-23(19(25)21-17-12-14(2)9-10-20-17)13-15-5-7-16(8-6-15)18(24)22-26/h5-10,12,26H,3-4,11,13H2,1-2H3,(H,22,24)(H,20,21,25). The Morgan fingerprint density at radius 2 is 1.92 bits per heavy atom. The molecule has 0 saturated carbocycles. The van der Waals surface area contributed by atoms with E-state index in [1.54, 1.807) is 40.8 Å². The van der Waals surface area contributed by atoms with Gasteiger partial charge in [0.05, 0.1) is 0 Å². The number of carbonyl (C=O) groups excluding carboxylic acids is 2. The molecule has 0 aliphatic carbocycles. The summed E-state index contributed by atoms with van der Waals surface area (Å²) in [6.45, 7) is 5.04. The highest BCUT2D eigenvalue weighted by atomic mass is 16.5. The lowest BCUT2D eigenvalue weighted by atomic mass is 10.1. The third-order valence-electron chi connectivity index (χ3n) is 3.91. The highest BCUT2D eigenvalue weighted by Gasteiger charge is 2.15. The highest BCUT2D eigenvalue weighted by Crippen LogP contribution is 2.12. The number of nitrogens with zero attached hydrogens (tertiary/aromatic N) is 2. The van der Waals surface area contributed by atoms with Crippen LogP contribution in [-0.4, -0.2) is 33.6 Å². The molecule has 3 amide bonds. The first-order valence-electron chi connectivity index (χ1n) is 8.55. The number of unbranched alkanes of at least 4 members (excludes halogenated alkanes) is 1. The Hall–Kier alpha value is -2.93. The minimum Gasteiger partial charge on any atom is -0.320 e. The number of hydrogen-bond donors (Lipinski definition) is 3. The second kappa shape index (κ2) is 9.53. The number of pyridine rings is 1. The molecule has 2 rings (SSSR count). The van der Waals surface area contributed by atoms with Crippen molar-refractivity contribution in [2.45, 2.75) is 33.2 Å². The lowest BCUT2D eigenvalue weighted by Crippen LogP contribution is -2.35. The number of amides is 3. The van der Waals surface area contributed by atoms with Crippen molar-refractivity contribution in [1.82, 2.24) is 15.4 Å². The summed E-state index contributed by atoms with van der Waals surface area (Å²) in [6.07, 6.45) is 3.52. The van der Waals surface area contributed by atoms with Crippen molar-refractivity contribution < 1.29 is 14.8 Å². The summed E-state index contributed by atoms with van der Waals surface area (Å²) < 4.78 is 0. The number of nitrogens with one attached hydrogen (secondary N) is 2. The number of aromatic nitrogens is 1. The topological polar surface area (TPSA) is 94.6 Å². The largest absolute Gasteiger partial charge is 0.323 e. The number of anilines is 1. The monoisotopic (exact) mass is 356 g/mol. The Balaban J connectivity index is 2.08. The minimum atomic E-state index is -0.567. The summed E-state index contributed by atoms with van der Waals surface area (Å²) in [6, 6.07) is 10.2. The second-order valence-corrected chi connectivity index (χ2v) is 6.06. The molecular weight excluding hydrogens is 332 g/mol. The maximum atomic E-state index is 12.6. The van der Waals surface area contributed by atoms with Gasteiger partial charge in [-0.3, -0.25) is 15.3 Å². The third-order valence-corrected chi connectivity index (χ3v) is 3.91. The van der Waals surface area contributed by atoms with Crippen molar-refractivity contribution in [2.24, 2.45) is 0 Å². The summed E-state index contributed by atoms with van der Waals surface area (Å²) in [4.78, 5) is 29.9. The predicted octanol–water partition coefficient (Wildman–Crippen LogP) is 3.34. The number of aryl methyl sites for hydroxylation is 1. The van der Waals surface area contributed by atoms with Gasteiger partial charge in [-0.15, -0.1) is 0 Å². The molecule has 7 heteroatoms. The maximum absolute atomic E-state index is 12.6. The number of benzene rings is 1. The molecule has 26 heavy (non-hydrogen) atoms. The van der Waals surface area contributed by atoms with Crippen molar-refractivity contribution in [3.63, 3.8) is 0 Å². The Bertz CT molecular complexity index is 747. The van der Waals surface area contributed by atoms with Gasteiger partial charge in [-0.2, -0.15) is 0 Å². The molecular formula is C19H24N4O3. The van der Waals surface area contributed by atoms with Crippen molar-refractivity contribution in [3.8, 4) is 0 Å². The van der Waals surface area contributed by atoms with E-state index in [1.165, 1.54) is 0 Å². The number of rotatable bonds is 7. The van der Waals surface area contributed by atoms with E-state index in [1.807, 2.05) is 19.1 Å². The van der Waals surface area contributed by atoms with Gasteiger partial charge in [0.2, 0.25) is 0 Å². The van der Waals surface area contributed by atoms with E-state index in [4.69, 9.17) is 5.21 Å². The van der Waals surface area contributed by atoms with Crippen molar-refractivity contribution in [2.75, 3.05) is 11.9 Å². The van der Waals surface area contributed by atoms with E-state index in [0.717, 1.165) is 24.0 Å². The Labute approximate surface area is 153 Å². The summed E-state index contributed by atoms with van der Waals surface area (Å²) in [5.41, 5.74) is 3.86. The summed E-state index contributed by atoms with van der Waals surface area (Å²) in [7, 11) is 0. The molecule has 3 N–H and O–H groups in total. The summed E-state index contributed by atoms with van der Waals surface area (Å²) >= 11 is 0. The van der Waals surface area contributed by atoms with Crippen LogP contribution in [0.3, 0.4) is 0 Å². The van der Waals surface area contributed by atoms with Crippen LogP contribution in [0.15, 0.2) is 42.6 Å². The molecule has 0 radical (unpaired) electrons. The Morgan fingerprint density at radius 3 is 2.54 bits per heavy atom. The molecule has 0 atom stereocenters. The minimum absolute atomic E-state index is 0.214. The maximum Gasteiger partial charge on any atom is 0.323 e.